The van der Waals surface area contributed by atoms with E-state index in [1.165, 1.54) is 0 Å². The second-order valence-electron chi connectivity index (χ2n) is 5.99. The lowest BCUT2D eigenvalue weighted by molar-refractivity contribution is 0.0674. The molecule has 6 nitrogen and oxygen atoms in total. The second-order valence-corrected chi connectivity index (χ2v) is 5.99. The first-order valence-corrected chi connectivity index (χ1v) is 8.52. The van der Waals surface area contributed by atoms with Gasteiger partial charge in [-0.3, -0.25) is 4.79 Å². The lowest BCUT2D eigenvalue weighted by Gasteiger charge is -2.21. The maximum absolute atomic E-state index is 12.9. The lowest BCUT2D eigenvalue weighted by Crippen LogP contribution is -2.33. The number of carbonyl (C=O) groups excluding carboxylic acids is 1. The number of hydrogen-bond donors (Lipinski definition) is 0. The molecule has 0 radical (unpaired) electrons. The van der Waals surface area contributed by atoms with Crippen LogP contribution in [0, 0.1) is 0 Å². The zero-order valence-corrected chi connectivity index (χ0v) is 14.8. The molecule has 0 aliphatic carbocycles. The van der Waals surface area contributed by atoms with Gasteiger partial charge in [0, 0.05) is 20.2 Å². The van der Waals surface area contributed by atoms with Gasteiger partial charge in [0.2, 0.25) is 0 Å². The third-order valence-corrected chi connectivity index (χ3v) is 4.01. The molecule has 2 aromatic carbocycles. The van der Waals surface area contributed by atoms with Crippen molar-refractivity contribution in [2.75, 3.05) is 20.3 Å². The minimum atomic E-state index is -0.148. The number of aromatic nitrogens is 3. The zero-order valence-electron chi connectivity index (χ0n) is 14.8. The number of nitrogens with zero attached hydrogens (tertiary/aromatic N) is 4. The quantitative estimate of drug-likeness (QED) is 0.627. The number of amides is 1. The van der Waals surface area contributed by atoms with Crippen LogP contribution >= 0.6 is 0 Å². The molecule has 3 aromatic rings. The molecule has 6 heteroatoms. The predicted molar refractivity (Wildman–Crippen MR) is 98.6 cm³/mol. The van der Waals surface area contributed by atoms with Crippen molar-refractivity contribution in [2.24, 2.45) is 0 Å². The van der Waals surface area contributed by atoms with Crippen molar-refractivity contribution in [3.8, 4) is 0 Å². The molecular weight excluding hydrogens is 328 g/mol. The van der Waals surface area contributed by atoms with Gasteiger partial charge in [0.15, 0.2) is 5.69 Å². The van der Waals surface area contributed by atoms with Gasteiger partial charge in [-0.1, -0.05) is 65.9 Å². The van der Waals surface area contributed by atoms with E-state index in [1.54, 1.807) is 22.9 Å². The van der Waals surface area contributed by atoms with Crippen LogP contribution in [0.5, 0.6) is 0 Å². The number of carbonyl (C=O) groups is 1. The van der Waals surface area contributed by atoms with E-state index in [4.69, 9.17) is 4.74 Å². The van der Waals surface area contributed by atoms with E-state index >= 15 is 0 Å². The molecule has 0 unspecified atom stereocenters. The van der Waals surface area contributed by atoms with Gasteiger partial charge in [0.05, 0.1) is 19.3 Å². The molecule has 0 bridgehead atoms. The SMILES string of the molecule is COCCN(Cc1ccccc1)C(=O)c1cn(Cc2ccccc2)nn1. The Hall–Kier alpha value is -2.99. The minimum Gasteiger partial charge on any atom is -0.383 e. The van der Waals surface area contributed by atoms with Gasteiger partial charge in [0.1, 0.15) is 0 Å². The third kappa shape index (κ3) is 4.77. The van der Waals surface area contributed by atoms with Crippen LogP contribution in [0.4, 0.5) is 0 Å². The Kier molecular flexibility index (Phi) is 6.11. The summed E-state index contributed by atoms with van der Waals surface area (Å²) in [6.07, 6.45) is 1.69. The van der Waals surface area contributed by atoms with Crippen LogP contribution in [0.1, 0.15) is 21.6 Å². The summed E-state index contributed by atoms with van der Waals surface area (Å²) in [6, 6.07) is 19.8. The maximum atomic E-state index is 12.9. The standard InChI is InChI=1S/C20H22N4O2/c1-26-13-12-23(14-17-8-4-2-5-9-17)20(25)19-16-24(22-21-19)15-18-10-6-3-7-11-18/h2-11,16H,12-15H2,1H3. The number of rotatable bonds is 8. The lowest BCUT2D eigenvalue weighted by atomic mass is 10.2. The summed E-state index contributed by atoms with van der Waals surface area (Å²) in [4.78, 5) is 14.6. The smallest absolute Gasteiger partial charge is 0.276 e. The molecule has 0 aliphatic heterocycles. The summed E-state index contributed by atoms with van der Waals surface area (Å²) in [7, 11) is 1.63. The Bertz CT molecular complexity index is 818. The summed E-state index contributed by atoms with van der Waals surface area (Å²) in [6.45, 7) is 2.05. The predicted octanol–water partition coefficient (Wildman–Crippen LogP) is 2.62. The normalized spacial score (nSPS) is 10.7. The Morgan fingerprint density at radius 2 is 1.69 bits per heavy atom. The van der Waals surface area contributed by atoms with Crippen molar-refractivity contribution >= 4 is 5.91 Å². The first kappa shape index (κ1) is 17.8. The molecule has 0 saturated heterocycles. The van der Waals surface area contributed by atoms with Crippen molar-refractivity contribution in [3.63, 3.8) is 0 Å². The topological polar surface area (TPSA) is 60.2 Å². The summed E-state index contributed by atoms with van der Waals surface area (Å²) in [5.41, 5.74) is 2.51. The fourth-order valence-electron chi connectivity index (χ4n) is 2.66. The molecule has 1 heterocycles. The van der Waals surface area contributed by atoms with Gasteiger partial charge in [-0.15, -0.1) is 5.10 Å². The molecule has 0 spiro atoms. The highest BCUT2D eigenvalue weighted by Gasteiger charge is 2.19. The summed E-state index contributed by atoms with van der Waals surface area (Å²) >= 11 is 0. The fourth-order valence-corrected chi connectivity index (χ4v) is 2.66. The number of ether oxygens (including phenoxy) is 1. The molecule has 3 rings (SSSR count). The van der Waals surface area contributed by atoms with Gasteiger partial charge in [-0.05, 0) is 11.1 Å². The molecule has 1 aromatic heterocycles. The molecule has 26 heavy (non-hydrogen) atoms. The fraction of sp³-hybridized carbons (Fsp3) is 0.250. The van der Waals surface area contributed by atoms with Crippen LogP contribution < -0.4 is 0 Å². The monoisotopic (exact) mass is 350 g/mol. The van der Waals surface area contributed by atoms with E-state index in [2.05, 4.69) is 10.3 Å². The van der Waals surface area contributed by atoms with Crippen LogP contribution in [0.3, 0.4) is 0 Å². The maximum Gasteiger partial charge on any atom is 0.276 e. The van der Waals surface area contributed by atoms with E-state index in [0.717, 1.165) is 11.1 Å². The highest BCUT2D eigenvalue weighted by atomic mass is 16.5. The van der Waals surface area contributed by atoms with Crippen LogP contribution in [-0.4, -0.2) is 46.1 Å². The Balaban J connectivity index is 1.71. The summed E-state index contributed by atoms with van der Waals surface area (Å²) < 4.78 is 6.83. The minimum absolute atomic E-state index is 0.148. The zero-order chi connectivity index (χ0) is 18.2. The van der Waals surface area contributed by atoms with Gasteiger partial charge < -0.3 is 9.64 Å². The van der Waals surface area contributed by atoms with Crippen molar-refractivity contribution in [1.29, 1.82) is 0 Å². The number of benzene rings is 2. The van der Waals surface area contributed by atoms with E-state index in [1.807, 2.05) is 60.7 Å². The van der Waals surface area contributed by atoms with E-state index in [9.17, 15) is 4.79 Å². The van der Waals surface area contributed by atoms with Crippen LogP contribution in [0.2, 0.25) is 0 Å². The van der Waals surface area contributed by atoms with Gasteiger partial charge in [0.25, 0.3) is 5.91 Å². The van der Waals surface area contributed by atoms with Crippen LogP contribution in [-0.2, 0) is 17.8 Å². The van der Waals surface area contributed by atoms with Gasteiger partial charge in [-0.25, -0.2) is 4.68 Å². The van der Waals surface area contributed by atoms with Crippen LogP contribution in [0.25, 0.3) is 0 Å². The van der Waals surface area contributed by atoms with Crippen molar-refractivity contribution in [3.05, 3.63) is 83.7 Å². The van der Waals surface area contributed by atoms with Crippen molar-refractivity contribution in [1.82, 2.24) is 19.9 Å². The summed E-state index contributed by atoms with van der Waals surface area (Å²) in [5.74, 6) is -0.148. The molecule has 0 fully saturated rings. The molecule has 0 atom stereocenters. The summed E-state index contributed by atoms with van der Waals surface area (Å²) in [5, 5.41) is 8.15. The number of methoxy groups -OCH3 is 1. The van der Waals surface area contributed by atoms with E-state index in [-0.39, 0.29) is 5.91 Å². The molecule has 1 amide bonds. The third-order valence-electron chi connectivity index (χ3n) is 4.01. The highest BCUT2D eigenvalue weighted by Crippen LogP contribution is 2.09. The Labute approximate surface area is 153 Å². The first-order chi connectivity index (χ1) is 12.8. The molecular formula is C20H22N4O2. The molecule has 0 aliphatic rings. The van der Waals surface area contributed by atoms with Crippen LogP contribution in [0.15, 0.2) is 66.9 Å². The molecule has 134 valence electrons. The van der Waals surface area contributed by atoms with Crippen molar-refractivity contribution in [2.45, 2.75) is 13.1 Å². The average Bonchev–Trinajstić information content (AvgIpc) is 3.14. The molecule has 0 N–H and O–H groups in total. The Morgan fingerprint density at radius 3 is 2.35 bits per heavy atom. The highest BCUT2D eigenvalue weighted by molar-refractivity contribution is 5.91. The van der Waals surface area contributed by atoms with E-state index < -0.39 is 0 Å². The Morgan fingerprint density at radius 1 is 1.04 bits per heavy atom. The largest absolute Gasteiger partial charge is 0.383 e. The molecule has 0 saturated carbocycles. The van der Waals surface area contributed by atoms with E-state index in [0.29, 0.717) is 31.9 Å². The first-order valence-electron chi connectivity index (χ1n) is 8.52. The average molecular weight is 350 g/mol. The van der Waals surface area contributed by atoms with Gasteiger partial charge >= 0.3 is 0 Å². The number of hydrogen-bond acceptors (Lipinski definition) is 4. The van der Waals surface area contributed by atoms with Gasteiger partial charge in [-0.2, -0.15) is 0 Å². The van der Waals surface area contributed by atoms with Crippen molar-refractivity contribution < 1.29 is 9.53 Å². The second kappa shape index (κ2) is 8.92.